The van der Waals surface area contributed by atoms with E-state index in [-0.39, 0.29) is 6.42 Å². The van der Waals surface area contributed by atoms with Gasteiger partial charge < -0.3 is 24.2 Å². The standard InChI is InChI=1S/C15H24N2O11P2/c1-7(2)27-30(23,24)28-12-11(8-6-9(8)29(20,21)22)26-14(13(12)25-3)17-5-4-10(18)16-15(17)19/h4-5,7-9,11-14H,6H2,1-3H3,(H,23,24)(H,16,18,19)(H2,20,21,22)/t8?,9?,11-,12?,13+,14-/m1/s1. The maximum absolute atomic E-state index is 12.4. The van der Waals surface area contributed by atoms with Crippen LogP contribution in [-0.4, -0.2) is 61.4 Å². The van der Waals surface area contributed by atoms with E-state index in [2.05, 4.69) is 4.98 Å². The highest BCUT2D eigenvalue weighted by atomic mass is 31.2. The van der Waals surface area contributed by atoms with Crippen molar-refractivity contribution in [1.29, 1.82) is 0 Å². The first-order valence-electron chi connectivity index (χ1n) is 9.08. The molecule has 3 rings (SSSR count). The quantitative estimate of drug-likeness (QED) is 0.372. The Morgan fingerprint density at radius 1 is 1.23 bits per heavy atom. The van der Waals surface area contributed by atoms with Crippen LogP contribution in [0.4, 0.5) is 0 Å². The van der Waals surface area contributed by atoms with Crippen molar-refractivity contribution in [1.82, 2.24) is 9.55 Å². The summed E-state index contributed by atoms with van der Waals surface area (Å²) in [4.78, 5) is 54.7. The van der Waals surface area contributed by atoms with E-state index in [0.717, 1.165) is 16.8 Å². The zero-order valence-corrected chi connectivity index (χ0v) is 18.1. The van der Waals surface area contributed by atoms with Gasteiger partial charge in [-0.05, 0) is 20.3 Å². The van der Waals surface area contributed by atoms with Crippen LogP contribution in [0.5, 0.6) is 0 Å². The summed E-state index contributed by atoms with van der Waals surface area (Å²) in [5, 5.41) is 0. The Balaban J connectivity index is 1.96. The van der Waals surface area contributed by atoms with Crippen molar-refractivity contribution in [2.75, 3.05) is 7.11 Å². The number of nitrogens with zero attached hydrogens (tertiary/aromatic N) is 1. The van der Waals surface area contributed by atoms with Gasteiger partial charge in [-0.15, -0.1) is 0 Å². The SMILES string of the molecule is CO[C@H]1C(OP(=O)(O)OC(C)C)[C@@H](C2CC2P(=O)(O)O)O[C@H]1n1ccc(=O)[nH]c1=O. The molecule has 170 valence electrons. The average molecular weight is 470 g/mol. The first-order chi connectivity index (χ1) is 13.8. The predicted octanol–water partition coefficient (Wildman–Crippen LogP) is -0.0742. The highest BCUT2D eigenvalue weighted by Gasteiger charge is 2.62. The topological polar surface area (TPSA) is 187 Å². The number of hydrogen-bond acceptors (Lipinski definition) is 8. The van der Waals surface area contributed by atoms with E-state index in [9.17, 15) is 33.4 Å². The van der Waals surface area contributed by atoms with Crippen molar-refractivity contribution in [3.8, 4) is 0 Å². The lowest BCUT2D eigenvalue weighted by Crippen LogP contribution is -2.39. The Bertz CT molecular complexity index is 985. The Kier molecular flexibility index (Phi) is 6.60. The van der Waals surface area contributed by atoms with Gasteiger partial charge in [-0.1, -0.05) is 0 Å². The minimum Gasteiger partial charge on any atom is -0.374 e. The van der Waals surface area contributed by atoms with Crippen LogP contribution in [0, 0.1) is 5.92 Å². The zero-order chi connectivity index (χ0) is 22.4. The number of ether oxygens (including phenoxy) is 2. The molecule has 0 aromatic carbocycles. The predicted molar refractivity (Wildman–Crippen MR) is 101 cm³/mol. The number of rotatable bonds is 8. The van der Waals surface area contributed by atoms with Crippen molar-refractivity contribution in [2.24, 2.45) is 5.92 Å². The Morgan fingerprint density at radius 2 is 1.90 bits per heavy atom. The maximum atomic E-state index is 12.4. The van der Waals surface area contributed by atoms with Gasteiger partial charge in [-0.2, -0.15) is 0 Å². The number of phosphoric ester groups is 1. The molecule has 13 nitrogen and oxygen atoms in total. The second-order valence-electron chi connectivity index (χ2n) is 7.46. The van der Waals surface area contributed by atoms with Gasteiger partial charge in [-0.3, -0.25) is 28.0 Å². The van der Waals surface area contributed by atoms with Crippen LogP contribution in [0.2, 0.25) is 0 Å². The minimum atomic E-state index is -4.60. The molecule has 15 heteroatoms. The molecule has 7 atom stereocenters. The fraction of sp³-hybridized carbons (Fsp3) is 0.733. The summed E-state index contributed by atoms with van der Waals surface area (Å²) in [7, 11) is -7.76. The smallest absolute Gasteiger partial charge is 0.374 e. The first kappa shape index (κ1) is 23.5. The van der Waals surface area contributed by atoms with Gasteiger partial charge in [0, 0.05) is 25.3 Å². The fourth-order valence-corrected chi connectivity index (χ4v) is 5.93. The third kappa shape index (κ3) is 5.01. The summed E-state index contributed by atoms with van der Waals surface area (Å²) in [6.07, 6.45) is -4.06. The monoisotopic (exact) mass is 470 g/mol. The first-order valence-corrected chi connectivity index (χ1v) is 12.3. The van der Waals surface area contributed by atoms with Gasteiger partial charge in [0.2, 0.25) is 0 Å². The van der Waals surface area contributed by atoms with Crippen LogP contribution in [0.3, 0.4) is 0 Å². The van der Waals surface area contributed by atoms with Crippen molar-refractivity contribution >= 4 is 15.4 Å². The molecule has 0 radical (unpaired) electrons. The third-order valence-corrected chi connectivity index (χ3v) is 7.54. The van der Waals surface area contributed by atoms with E-state index in [4.69, 9.17) is 18.5 Å². The molecule has 0 bridgehead atoms. The lowest BCUT2D eigenvalue weighted by Gasteiger charge is -2.26. The maximum Gasteiger partial charge on any atom is 0.472 e. The molecule has 0 spiro atoms. The molecule has 30 heavy (non-hydrogen) atoms. The van der Waals surface area contributed by atoms with Gasteiger partial charge in [0.05, 0.1) is 17.9 Å². The summed E-state index contributed by atoms with van der Waals surface area (Å²) >= 11 is 0. The minimum absolute atomic E-state index is 0.0965. The van der Waals surface area contributed by atoms with Gasteiger partial charge in [0.25, 0.3) is 5.56 Å². The molecule has 1 aromatic rings. The number of hydrogen-bond donors (Lipinski definition) is 4. The molecular formula is C15H24N2O11P2. The highest BCUT2D eigenvalue weighted by molar-refractivity contribution is 7.53. The summed E-state index contributed by atoms with van der Waals surface area (Å²) < 4.78 is 46.5. The molecule has 1 aromatic heterocycles. The van der Waals surface area contributed by atoms with Crippen molar-refractivity contribution < 1.29 is 42.3 Å². The lowest BCUT2D eigenvalue weighted by molar-refractivity contribution is -0.0572. The number of nitrogens with one attached hydrogen (secondary N) is 1. The number of H-pyrrole nitrogens is 1. The Morgan fingerprint density at radius 3 is 2.40 bits per heavy atom. The molecular weight excluding hydrogens is 446 g/mol. The fourth-order valence-electron chi connectivity index (χ4n) is 3.62. The van der Waals surface area contributed by atoms with Crippen LogP contribution in [0.1, 0.15) is 26.5 Å². The van der Waals surface area contributed by atoms with Crippen LogP contribution < -0.4 is 11.2 Å². The van der Waals surface area contributed by atoms with Crippen LogP contribution in [0.25, 0.3) is 0 Å². The normalized spacial score (nSPS) is 33.6. The van der Waals surface area contributed by atoms with Crippen LogP contribution in [0.15, 0.2) is 21.9 Å². The molecule has 4 unspecified atom stereocenters. The third-order valence-electron chi connectivity index (χ3n) is 4.88. The van der Waals surface area contributed by atoms with Crippen LogP contribution in [-0.2, 0) is 27.7 Å². The number of methoxy groups -OCH3 is 1. The second-order valence-corrected chi connectivity index (χ2v) is 10.7. The van der Waals surface area contributed by atoms with E-state index in [1.807, 2.05) is 0 Å². The van der Waals surface area contributed by atoms with E-state index >= 15 is 0 Å². The molecule has 1 saturated carbocycles. The largest absolute Gasteiger partial charge is 0.472 e. The number of aromatic nitrogens is 2. The van der Waals surface area contributed by atoms with Gasteiger partial charge in [-0.25, -0.2) is 9.36 Å². The van der Waals surface area contributed by atoms with Crippen molar-refractivity contribution in [3.63, 3.8) is 0 Å². The zero-order valence-electron chi connectivity index (χ0n) is 16.4. The molecule has 0 amide bonds. The highest BCUT2D eigenvalue weighted by Crippen LogP contribution is 2.62. The molecule has 4 N–H and O–H groups in total. The van der Waals surface area contributed by atoms with E-state index in [1.165, 1.54) is 21.0 Å². The van der Waals surface area contributed by atoms with E-state index < -0.39 is 68.9 Å². The molecule has 1 aliphatic carbocycles. The Hall–Kier alpha value is -1.14. The lowest BCUT2D eigenvalue weighted by atomic mass is 10.1. The van der Waals surface area contributed by atoms with E-state index in [0.29, 0.717) is 0 Å². The van der Waals surface area contributed by atoms with Crippen molar-refractivity contribution in [2.45, 2.75) is 56.6 Å². The summed E-state index contributed by atoms with van der Waals surface area (Å²) in [5.41, 5.74) is -2.47. The number of aromatic amines is 1. The van der Waals surface area contributed by atoms with Crippen LogP contribution >= 0.6 is 15.4 Å². The summed E-state index contributed by atoms with van der Waals surface area (Å²) in [6.45, 7) is 3.05. The van der Waals surface area contributed by atoms with E-state index in [1.54, 1.807) is 0 Å². The molecule has 1 saturated heterocycles. The average Bonchev–Trinajstić information content (AvgIpc) is 3.31. The van der Waals surface area contributed by atoms with Crippen molar-refractivity contribution in [3.05, 3.63) is 33.1 Å². The van der Waals surface area contributed by atoms with Gasteiger partial charge >= 0.3 is 21.1 Å². The van der Waals surface area contributed by atoms with Gasteiger partial charge in [0.15, 0.2) is 6.23 Å². The summed E-state index contributed by atoms with van der Waals surface area (Å²) in [5.74, 6) is -0.698. The molecule has 1 aliphatic heterocycles. The molecule has 2 fully saturated rings. The number of phosphoric acid groups is 1. The second kappa shape index (κ2) is 8.42. The molecule has 2 heterocycles. The Labute approximate surface area is 170 Å². The summed E-state index contributed by atoms with van der Waals surface area (Å²) in [6, 6.07) is 1.08. The molecule has 2 aliphatic rings. The van der Waals surface area contributed by atoms with Gasteiger partial charge in [0.1, 0.15) is 12.2 Å².